The number of nitrogens with one attached hydrogen (secondary N) is 2. The topological polar surface area (TPSA) is 110 Å². The van der Waals surface area contributed by atoms with Gasteiger partial charge in [-0.3, -0.25) is 9.59 Å². The van der Waals surface area contributed by atoms with Crippen molar-refractivity contribution in [3.05, 3.63) is 23.1 Å². The smallest absolute Gasteiger partial charge is 0.263 e. The van der Waals surface area contributed by atoms with Crippen LogP contribution >= 0.6 is 11.3 Å². The van der Waals surface area contributed by atoms with Crippen molar-refractivity contribution in [2.24, 2.45) is 11.7 Å². The molecule has 20 heavy (non-hydrogen) atoms. The van der Waals surface area contributed by atoms with Crippen LogP contribution < -0.4 is 22.1 Å². The van der Waals surface area contributed by atoms with Crippen LogP contribution in [0.25, 0.3) is 0 Å². The fourth-order valence-corrected chi connectivity index (χ4v) is 3.00. The minimum Gasteiger partial charge on any atom is -0.397 e. The summed E-state index contributed by atoms with van der Waals surface area (Å²) < 4.78 is 0. The molecule has 1 aliphatic rings. The highest BCUT2D eigenvalue weighted by atomic mass is 32.1. The molecule has 2 unspecified atom stereocenters. The number of rotatable bonds is 6. The summed E-state index contributed by atoms with van der Waals surface area (Å²) in [6.45, 7) is 5.97. The number of hydrogen-bond acceptors (Lipinski definition) is 5. The number of anilines is 2. The molecule has 108 valence electrons. The van der Waals surface area contributed by atoms with Crippen LogP contribution in [0.3, 0.4) is 0 Å². The van der Waals surface area contributed by atoms with Crippen LogP contribution in [0.1, 0.15) is 33.4 Å². The first-order valence-corrected chi connectivity index (χ1v) is 7.15. The van der Waals surface area contributed by atoms with E-state index in [1.807, 2.05) is 0 Å². The zero-order chi connectivity index (χ0) is 14.9. The average Bonchev–Trinajstić information content (AvgIpc) is 2.95. The zero-order valence-corrected chi connectivity index (χ0v) is 12.0. The summed E-state index contributed by atoms with van der Waals surface area (Å²) in [5.74, 6) is -0.402. The highest BCUT2D eigenvalue weighted by Gasteiger charge is 2.35. The van der Waals surface area contributed by atoms with Crippen LogP contribution in [-0.4, -0.2) is 24.4 Å². The second-order valence-corrected chi connectivity index (χ2v) is 5.90. The lowest BCUT2D eigenvalue weighted by Gasteiger charge is -2.03. The molecule has 0 aromatic carbocycles. The second-order valence-electron chi connectivity index (χ2n) is 4.88. The molecule has 0 spiro atoms. The molecule has 2 amide bonds. The summed E-state index contributed by atoms with van der Waals surface area (Å²) in [5.41, 5.74) is 11.6. The molecule has 2 rings (SSSR count). The molecule has 1 saturated carbocycles. The van der Waals surface area contributed by atoms with Crippen molar-refractivity contribution < 1.29 is 9.59 Å². The van der Waals surface area contributed by atoms with E-state index in [2.05, 4.69) is 24.1 Å². The van der Waals surface area contributed by atoms with Gasteiger partial charge in [0.15, 0.2) is 0 Å². The van der Waals surface area contributed by atoms with Gasteiger partial charge in [0.25, 0.3) is 11.8 Å². The number of carbonyl (C=O) groups excluding carboxylic acids is 2. The molecule has 1 aromatic rings. The van der Waals surface area contributed by atoms with E-state index in [4.69, 9.17) is 11.5 Å². The number of nitrogens with two attached hydrogens (primary N) is 2. The van der Waals surface area contributed by atoms with Gasteiger partial charge in [0, 0.05) is 12.6 Å². The molecular formula is C13H18N4O2S. The molecule has 0 aliphatic heterocycles. The van der Waals surface area contributed by atoms with Crippen LogP contribution in [0.2, 0.25) is 0 Å². The van der Waals surface area contributed by atoms with Gasteiger partial charge in [-0.05, 0) is 12.3 Å². The maximum absolute atomic E-state index is 12.0. The molecule has 6 nitrogen and oxygen atoms in total. The Morgan fingerprint density at radius 2 is 2.20 bits per heavy atom. The van der Waals surface area contributed by atoms with Crippen molar-refractivity contribution in [2.75, 3.05) is 17.6 Å². The third kappa shape index (κ3) is 2.77. The first-order chi connectivity index (χ1) is 9.45. The predicted molar refractivity (Wildman–Crippen MR) is 81.0 cm³/mol. The summed E-state index contributed by atoms with van der Waals surface area (Å²) in [6.07, 6.45) is 2.61. The summed E-state index contributed by atoms with van der Waals surface area (Å²) in [7, 11) is 0. The van der Waals surface area contributed by atoms with Crippen molar-refractivity contribution in [1.82, 2.24) is 5.32 Å². The number of thiophene rings is 1. The number of amides is 2. The van der Waals surface area contributed by atoms with Crippen LogP contribution in [-0.2, 0) is 0 Å². The maximum Gasteiger partial charge on any atom is 0.263 e. The molecule has 1 aromatic heterocycles. The Bertz CT molecular complexity index is 567. The summed E-state index contributed by atoms with van der Waals surface area (Å²) >= 11 is 1.16. The lowest BCUT2D eigenvalue weighted by molar-refractivity contribution is 0.0962. The highest BCUT2D eigenvalue weighted by molar-refractivity contribution is 7.19. The normalized spacial score (nSPS) is 20.2. The standard InChI is InChI=1S/C13H18N4O2S/c1-3-4-16-12(19)10-9(14)8(11(15)18)13(20-10)17-7-5-6(7)2/h3,6-7,17H,1,4-5,14H2,2H3,(H2,15,18)(H,16,19). The van der Waals surface area contributed by atoms with E-state index in [1.165, 1.54) is 0 Å². The molecule has 1 aliphatic carbocycles. The van der Waals surface area contributed by atoms with Crippen molar-refractivity contribution in [3.63, 3.8) is 0 Å². The van der Waals surface area contributed by atoms with E-state index in [1.54, 1.807) is 6.08 Å². The second kappa shape index (κ2) is 5.54. The molecule has 2 atom stereocenters. The van der Waals surface area contributed by atoms with Crippen LogP contribution in [0.4, 0.5) is 10.7 Å². The Balaban J connectivity index is 2.28. The van der Waals surface area contributed by atoms with Crippen LogP contribution in [0, 0.1) is 5.92 Å². The van der Waals surface area contributed by atoms with Crippen molar-refractivity contribution >= 4 is 33.8 Å². The Kier molecular flexibility index (Phi) is 3.99. The molecule has 0 radical (unpaired) electrons. The fraction of sp³-hybridized carbons (Fsp3) is 0.385. The molecule has 6 N–H and O–H groups in total. The summed E-state index contributed by atoms with van der Waals surface area (Å²) in [4.78, 5) is 23.8. The molecule has 1 heterocycles. The maximum atomic E-state index is 12.0. The Labute approximate surface area is 121 Å². The Morgan fingerprint density at radius 3 is 2.70 bits per heavy atom. The first-order valence-electron chi connectivity index (χ1n) is 6.33. The summed E-state index contributed by atoms with van der Waals surface area (Å²) in [5, 5.41) is 6.44. The Hall–Kier alpha value is -2.02. The van der Waals surface area contributed by atoms with Crippen molar-refractivity contribution in [3.8, 4) is 0 Å². The van der Waals surface area contributed by atoms with Crippen LogP contribution in [0.5, 0.6) is 0 Å². The molecule has 7 heteroatoms. The monoisotopic (exact) mass is 294 g/mol. The summed E-state index contributed by atoms with van der Waals surface area (Å²) in [6, 6.07) is 0.315. The van der Waals surface area contributed by atoms with Gasteiger partial charge in [0.1, 0.15) is 9.88 Å². The van der Waals surface area contributed by atoms with Gasteiger partial charge < -0.3 is 22.1 Å². The van der Waals surface area contributed by atoms with Gasteiger partial charge in [0.05, 0.1) is 11.3 Å². The van der Waals surface area contributed by atoms with Crippen molar-refractivity contribution in [2.45, 2.75) is 19.4 Å². The first kappa shape index (κ1) is 14.4. The lowest BCUT2D eigenvalue weighted by Crippen LogP contribution is -2.23. The average molecular weight is 294 g/mol. The molecule has 0 bridgehead atoms. The van der Waals surface area contributed by atoms with Crippen molar-refractivity contribution in [1.29, 1.82) is 0 Å². The van der Waals surface area contributed by atoms with Gasteiger partial charge in [-0.2, -0.15) is 0 Å². The third-order valence-electron chi connectivity index (χ3n) is 3.23. The zero-order valence-electron chi connectivity index (χ0n) is 11.2. The van der Waals surface area contributed by atoms with E-state index in [0.29, 0.717) is 28.4 Å². The largest absolute Gasteiger partial charge is 0.397 e. The van der Waals surface area contributed by atoms with E-state index >= 15 is 0 Å². The lowest BCUT2D eigenvalue weighted by atomic mass is 10.2. The molecule has 1 fully saturated rings. The highest BCUT2D eigenvalue weighted by Crippen LogP contribution is 2.40. The number of hydrogen-bond donors (Lipinski definition) is 4. The van der Waals surface area contributed by atoms with E-state index in [9.17, 15) is 9.59 Å². The Morgan fingerprint density at radius 1 is 1.55 bits per heavy atom. The predicted octanol–water partition coefficient (Wildman–Crippen LogP) is 1.17. The minimum absolute atomic E-state index is 0.139. The quantitative estimate of drug-likeness (QED) is 0.590. The van der Waals surface area contributed by atoms with Gasteiger partial charge >= 0.3 is 0 Å². The fourth-order valence-electron chi connectivity index (χ4n) is 1.90. The van der Waals surface area contributed by atoms with Gasteiger partial charge in [-0.15, -0.1) is 17.9 Å². The van der Waals surface area contributed by atoms with E-state index < -0.39 is 5.91 Å². The molecular weight excluding hydrogens is 276 g/mol. The number of primary amides is 1. The minimum atomic E-state index is -0.627. The van der Waals surface area contributed by atoms with Gasteiger partial charge in [0.2, 0.25) is 0 Å². The van der Waals surface area contributed by atoms with E-state index in [-0.39, 0.29) is 17.2 Å². The van der Waals surface area contributed by atoms with E-state index in [0.717, 1.165) is 17.8 Å². The molecule has 0 saturated heterocycles. The SMILES string of the molecule is C=CCNC(=O)c1sc(NC2CC2C)c(C(N)=O)c1N. The van der Waals surface area contributed by atoms with Crippen LogP contribution in [0.15, 0.2) is 12.7 Å². The van der Waals surface area contributed by atoms with Gasteiger partial charge in [-0.25, -0.2) is 0 Å². The third-order valence-corrected chi connectivity index (χ3v) is 4.37. The number of carbonyl (C=O) groups is 2. The number of nitrogen functional groups attached to an aromatic ring is 1. The van der Waals surface area contributed by atoms with Gasteiger partial charge in [-0.1, -0.05) is 13.0 Å².